The zero-order chi connectivity index (χ0) is 25.6. The van der Waals surface area contributed by atoms with E-state index in [0.29, 0.717) is 34.7 Å². The van der Waals surface area contributed by atoms with Crippen LogP contribution in [0.1, 0.15) is 22.3 Å². The molecule has 3 aromatic carbocycles. The molecule has 3 aromatic rings. The molecule has 0 aliphatic heterocycles. The number of nitrogens with one attached hydrogen (secondary N) is 1. The van der Waals surface area contributed by atoms with E-state index in [1.54, 1.807) is 32.0 Å². The molecule has 0 aliphatic carbocycles. The van der Waals surface area contributed by atoms with Crippen LogP contribution in [0.3, 0.4) is 0 Å². The molecular formula is C27H32N2O5S. The number of aryl methyl sites for hydroxylation is 3. The molecule has 0 bridgehead atoms. The number of carbonyl (C=O) groups is 1. The van der Waals surface area contributed by atoms with Crippen molar-refractivity contribution in [2.24, 2.45) is 0 Å². The summed E-state index contributed by atoms with van der Waals surface area (Å²) < 4.78 is 39.4. The average molecular weight is 497 g/mol. The van der Waals surface area contributed by atoms with E-state index in [1.807, 2.05) is 49.4 Å². The van der Waals surface area contributed by atoms with Crippen molar-refractivity contribution in [2.75, 3.05) is 32.6 Å². The molecule has 3 rings (SSSR count). The van der Waals surface area contributed by atoms with Gasteiger partial charge in [-0.2, -0.15) is 4.31 Å². The summed E-state index contributed by atoms with van der Waals surface area (Å²) in [4.78, 5) is 13.2. The number of amides is 1. The van der Waals surface area contributed by atoms with E-state index < -0.39 is 15.9 Å². The lowest BCUT2D eigenvalue weighted by Gasteiger charge is -2.24. The van der Waals surface area contributed by atoms with Gasteiger partial charge in [0.15, 0.2) is 11.5 Å². The second-order valence-corrected chi connectivity index (χ2v) is 10.3. The molecule has 0 saturated heterocycles. The van der Waals surface area contributed by atoms with Crippen molar-refractivity contribution in [3.8, 4) is 11.5 Å². The average Bonchev–Trinajstić information content (AvgIpc) is 2.81. The Hall–Kier alpha value is -3.36. The molecular weight excluding hydrogens is 464 g/mol. The van der Waals surface area contributed by atoms with Crippen molar-refractivity contribution in [1.29, 1.82) is 0 Å². The third kappa shape index (κ3) is 6.41. The zero-order valence-electron chi connectivity index (χ0n) is 20.8. The zero-order valence-corrected chi connectivity index (χ0v) is 21.6. The van der Waals surface area contributed by atoms with Crippen molar-refractivity contribution in [2.45, 2.75) is 32.1 Å². The first-order valence-electron chi connectivity index (χ1n) is 11.3. The first-order chi connectivity index (χ1) is 16.6. The lowest BCUT2D eigenvalue weighted by atomic mass is 10.1. The Balaban J connectivity index is 1.89. The predicted molar refractivity (Wildman–Crippen MR) is 138 cm³/mol. The minimum atomic E-state index is -3.93. The summed E-state index contributed by atoms with van der Waals surface area (Å²) in [6.45, 7) is 5.34. The summed E-state index contributed by atoms with van der Waals surface area (Å²) in [5.41, 5.74) is 3.78. The van der Waals surface area contributed by atoms with Gasteiger partial charge in [-0.3, -0.25) is 4.79 Å². The maximum absolute atomic E-state index is 13.8. The Bertz CT molecular complexity index is 1270. The lowest BCUT2D eigenvalue weighted by Crippen LogP contribution is -2.39. The minimum absolute atomic E-state index is 0.165. The van der Waals surface area contributed by atoms with Gasteiger partial charge in [-0.05, 0) is 56.0 Å². The second kappa shape index (κ2) is 11.4. The fourth-order valence-electron chi connectivity index (χ4n) is 4.16. The minimum Gasteiger partial charge on any atom is -0.493 e. The third-order valence-corrected chi connectivity index (χ3v) is 7.83. The number of carbonyl (C=O) groups excluding carboxylic acids is 1. The summed E-state index contributed by atoms with van der Waals surface area (Å²) in [5.74, 6) is 0.545. The van der Waals surface area contributed by atoms with Crippen LogP contribution in [0.15, 0.2) is 65.6 Å². The van der Waals surface area contributed by atoms with Gasteiger partial charge in [0.05, 0.1) is 25.7 Å². The molecule has 35 heavy (non-hydrogen) atoms. The fraction of sp³-hybridized carbons (Fsp3) is 0.296. The number of methoxy groups -OCH3 is 2. The summed E-state index contributed by atoms with van der Waals surface area (Å²) in [5, 5.41) is 2.78. The highest BCUT2D eigenvalue weighted by atomic mass is 32.2. The smallest absolute Gasteiger partial charge is 0.244 e. The van der Waals surface area contributed by atoms with Crippen molar-refractivity contribution < 1.29 is 22.7 Å². The second-order valence-electron chi connectivity index (χ2n) is 8.42. The topological polar surface area (TPSA) is 84.9 Å². The number of nitrogens with zero attached hydrogens (tertiary/aromatic N) is 1. The highest BCUT2D eigenvalue weighted by Gasteiger charge is 2.29. The van der Waals surface area contributed by atoms with Gasteiger partial charge < -0.3 is 14.8 Å². The van der Waals surface area contributed by atoms with Gasteiger partial charge in [0, 0.05) is 18.3 Å². The molecule has 8 heteroatoms. The molecule has 0 atom stereocenters. The van der Waals surface area contributed by atoms with Crippen LogP contribution < -0.4 is 14.8 Å². The van der Waals surface area contributed by atoms with Crippen LogP contribution in [0.25, 0.3) is 0 Å². The van der Waals surface area contributed by atoms with E-state index in [4.69, 9.17) is 9.47 Å². The Morgan fingerprint density at radius 3 is 2.11 bits per heavy atom. The third-order valence-electron chi connectivity index (χ3n) is 5.68. The van der Waals surface area contributed by atoms with E-state index in [0.717, 1.165) is 11.1 Å². The van der Waals surface area contributed by atoms with Gasteiger partial charge in [-0.25, -0.2) is 8.42 Å². The molecule has 0 spiro atoms. The van der Waals surface area contributed by atoms with E-state index >= 15 is 0 Å². The number of anilines is 1. The number of hydrogen-bond acceptors (Lipinski definition) is 5. The van der Waals surface area contributed by atoms with Crippen LogP contribution in [0.5, 0.6) is 11.5 Å². The molecule has 0 saturated carbocycles. The van der Waals surface area contributed by atoms with Crippen molar-refractivity contribution >= 4 is 21.6 Å². The van der Waals surface area contributed by atoms with Gasteiger partial charge in [-0.15, -0.1) is 0 Å². The first-order valence-corrected chi connectivity index (χ1v) is 12.7. The molecule has 0 fully saturated rings. The molecule has 0 aliphatic rings. The van der Waals surface area contributed by atoms with Crippen molar-refractivity contribution in [1.82, 2.24) is 4.31 Å². The van der Waals surface area contributed by atoms with Crippen LogP contribution in [0, 0.1) is 20.8 Å². The van der Waals surface area contributed by atoms with Crippen molar-refractivity contribution in [3.63, 3.8) is 0 Å². The van der Waals surface area contributed by atoms with Crippen LogP contribution in [-0.2, 0) is 21.2 Å². The lowest BCUT2D eigenvalue weighted by molar-refractivity contribution is -0.116. The number of benzene rings is 3. The summed E-state index contributed by atoms with van der Waals surface area (Å²) in [7, 11) is -0.896. The Labute approximate surface area is 207 Å². The van der Waals surface area contributed by atoms with E-state index in [9.17, 15) is 13.2 Å². The van der Waals surface area contributed by atoms with Gasteiger partial charge in [0.1, 0.15) is 0 Å². The van der Waals surface area contributed by atoms with Crippen LogP contribution in [0.4, 0.5) is 5.69 Å². The molecule has 1 amide bonds. The van der Waals surface area contributed by atoms with E-state index in [1.165, 1.54) is 18.5 Å². The number of rotatable bonds is 10. The Morgan fingerprint density at radius 2 is 1.51 bits per heavy atom. The Morgan fingerprint density at radius 1 is 0.886 bits per heavy atom. The van der Waals surface area contributed by atoms with Gasteiger partial charge >= 0.3 is 0 Å². The van der Waals surface area contributed by atoms with E-state index in [2.05, 4.69) is 5.32 Å². The summed E-state index contributed by atoms with van der Waals surface area (Å²) in [6.07, 6.45) is 0.480. The largest absolute Gasteiger partial charge is 0.493 e. The maximum atomic E-state index is 13.8. The highest BCUT2D eigenvalue weighted by molar-refractivity contribution is 7.89. The molecule has 0 heterocycles. The number of ether oxygens (including phenoxy) is 2. The van der Waals surface area contributed by atoms with Crippen molar-refractivity contribution in [3.05, 3.63) is 82.9 Å². The van der Waals surface area contributed by atoms with Crippen LogP contribution in [0.2, 0.25) is 0 Å². The molecule has 0 radical (unpaired) electrons. The quantitative estimate of drug-likeness (QED) is 0.447. The van der Waals surface area contributed by atoms with Gasteiger partial charge in [-0.1, -0.05) is 48.0 Å². The standard InChI is InChI=1S/C27H32N2O5S/c1-19-15-20(2)27(21(3)16-19)35(31,32)29(14-13-22-9-7-6-8-10-22)18-26(30)28-23-11-12-24(33-4)25(17-23)34-5/h6-12,15-17H,13-14,18H2,1-5H3,(H,28,30). The SMILES string of the molecule is COc1ccc(NC(=O)CN(CCc2ccccc2)S(=O)(=O)c2c(C)cc(C)cc2C)cc1OC. The van der Waals surface area contributed by atoms with Gasteiger partial charge in [0.25, 0.3) is 0 Å². The molecule has 7 nitrogen and oxygen atoms in total. The summed E-state index contributed by atoms with van der Waals surface area (Å²) in [6, 6.07) is 18.3. The summed E-state index contributed by atoms with van der Waals surface area (Å²) >= 11 is 0. The van der Waals surface area contributed by atoms with Crippen LogP contribution in [-0.4, -0.2) is 45.9 Å². The maximum Gasteiger partial charge on any atom is 0.244 e. The first kappa shape index (κ1) is 26.2. The normalized spacial score (nSPS) is 11.4. The molecule has 0 aromatic heterocycles. The molecule has 0 unspecified atom stereocenters. The van der Waals surface area contributed by atoms with Gasteiger partial charge in [0.2, 0.25) is 15.9 Å². The highest BCUT2D eigenvalue weighted by Crippen LogP contribution is 2.30. The Kier molecular flexibility index (Phi) is 8.53. The number of hydrogen-bond donors (Lipinski definition) is 1. The molecule has 1 N–H and O–H groups in total. The van der Waals surface area contributed by atoms with Crippen LogP contribution >= 0.6 is 0 Å². The predicted octanol–water partition coefficient (Wildman–Crippen LogP) is 4.50. The number of sulfonamides is 1. The monoisotopic (exact) mass is 496 g/mol. The van der Waals surface area contributed by atoms with E-state index in [-0.39, 0.29) is 18.0 Å². The fourth-order valence-corrected chi connectivity index (χ4v) is 5.97. The molecule has 186 valence electrons.